The normalized spacial score (nSPS) is 20.0. The summed E-state index contributed by atoms with van der Waals surface area (Å²) in [6.45, 7) is 5.10. The van der Waals surface area contributed by atoms with Crippen LogP contribution in [0.3, 0.4) is 0 Å². The Morgan fingerprint density at radius 1 is 1.18 bits per heavy atom. The number of nitrogens with zero attached hydrogens (tertiary/aromatic N) is 2. The second kappa shape index (κ2) is 8.78. The molecule has 0 unspecified atom stereocenters. The highest BCUT2D eigenvalue weighted by Gasteiger charge is 2.38. The Kier molecular flexibility index (Phi) is 6.39. The SMILES string of the molecule is CCOC(=O)C1=C(C)N(CC(=O)N2CCCC2)C(=O)C[C@H]1c1ccc(Cl)cc1. The number of ether oxygens (including phenoxy) is 1. The van der Waals surface area contributed by atoms with Crippen LogP contribution in [0.1, 0.15) is 44.6 Å². The molecule has 1 atom stereocenters. The van der Waals surface area contributed by atoms with Gasteiger partial charge in [-0.2, -0.15) is 0 Å². The van der Waals surface area contributed by atoms with Crippen molar-refractivity contribution in [1.29, 1.82) is 0 Å². The molecule has 0 aromatic heterocycles. The summed E-state index contributed by atoms with van der Waals surface area (Å²) >= 11 is 5.98. The fourth-order valence-corrected chi connectivity index (χ4v) is 3.98. The second-order valence-electron chi connectivity index (χ2n) is 7.10. The van der Waals surface area contributed by atoms with E-state index in [1.54, 1.807) is 30.9 Å². The second-order valence-corrected chi connectivity index (χ2v) is 7.53. The maximum Gasteiger partial charge on any atom is 0.336 e. The Bertz CT molecular complexity index is 797. The van der Waals surface area contributed by atoms with Gasteiger partial charge in [-0.15, -0.1) is 0 Å². The van der Waals surface area contributed by atoms with Crippen molar-refractivity contribution in [1.82, 2.24) is 9.80 Å². The number of benzene rings is 1. The summed E-state index contributed by atoms with van der Waals surface area (Å²) in [5.74, 6) is -1.12. The van der Waals surface area contributed by atoms with Crippen LogP contribution in [-0.4, -0.2) is 53.8 Å². The molecule has 2 aliphatic heterocycles. The van der Waals surface area contributed by atoms with Gasteiger partial charge in [0.1, 0.15) is 6.54 Å². The third-order valence-corrected chi connectivity index (χ3v) is 5.59. The smallest absolute Gasteiger partial charge is 0.336 e. The van der Waals surface area contributed by atoms with Crippen LogP contribution < -0.4 is 0 Å². The highest BCUT2D eigenvalue weighted by Crippen LogP contribution is 2.37. The van der Waals surface area contributed by atoms with Crippen molar-refractivity contribution >= 4 is 29.4 Å². The zero-order chi connectivity index (χ0) is 20.3. The Morgan fingerprint density at radius 2 is 1.82 bits per heavy atom. The number of hydrogen-bond donors (Lipinski definition) is 0. The maximum atomic E-state index is 12.9. The minimum Gasteiger partial charge on any atom is -0.463 e. The average Bonchev–Trinajstić information content (AvgIpc) is 3.20. The molecule has 0 saturated carbocycles. The molecule has 150 valence electrons. The molecule has 7 heteroatoms. The molecule has 0 aliphatic carbocycles. The molecule has 2 heterocycles. The quantitative estimate of drug-likeness (QED) is 0.707. The van der Waals surface area contributed by atoms with Gasteiger partial charge in [0.05, 0.1) is 12.2 Å². The van der Waals surface area contributed by atoms with Crippen molar-refractivity contribution in [3.05, 3.63) is 46.1 Å². The minimum absolute atomic E-state index is 0.0408. The number of amides is 2. The van der Waals surface area contributed by atoms with Gasteiger partial charge in [-0.05, 0) is 44.4 Å². The number of allylic oxidation sites excluding steroid dienone is 1. The van der Waals surface area contributed by atoms with Gasteiger partial charge in [-0.1, -0.05) is 23.7 Å². The van der Waals surface area contributed by atoms with E-state index in [1.165, 1.54) is 4.90 Å². The number of carbonyl (C=O) groups excluding carboxylic acids is 3. The van der Waals surface area contributed by atoms with Crippen molar-refractivity contribution in [3.63, 3.8) is 0 Å². The zero-order valence-electron chi connectivity index (χ0n) is 16.2. The third-order valence-electron chi connectivity index (χ3n) is 5.34. The zero-order valence-corrected chi connectivity index (χ0v) is 17.0. The van der Waals surface area contributed by atoms with E-state index in [2.05, 4.69) is 0 Å². The van der Waals surface area contributed by atoms with Crippen molar-refractivity contribution in [2.45, 2.75) is 39.0 Å². The fourth-order valence-electron chi connectivity index (χ4n) is 3.86. The minimum atomic E-state index is -0.453. The fraction of sp³-hybridized carbons (Fsp3) is 0.476. The standard InChI is InChI=1S/C21H25ClN2O4/c1-3-28-21(27)20-14(2)24(13-19(26)23-10-4-5-11-23)18(25)12-17(20)15-6-8-16(22)9-7-15/h6-9,17H,3-5,10-13H2,1-2H3/t17-/m0/s1. The number of hydrogen-bond acceptors (Lipinski definition) is 4. The predicted octanol–water partition coefficient (Wildman–Crippen LogP) is 3.12. The average molecular weight is 405 g/mol. The van der Waals surface area contributed by atoms with E-state index in [-0.39, 0.29) is 31.4 Å². The van der Waals surface area contributed by atoms with E-state index in [9.17, 15) is 14.4 Å². The summed E-state index contributed by atoms with van der Waals surface area (Å²) in [6, 6.07) is 7.11. The van der Waals surface area contributed by atoms with Crippen molar-refractivity contribution in [2.75, 3.05) is 26.2 Å². The number of esters is 1. The molecule has 1 aromatic carbocycles. The first-order valence-corrected chi connectivity index (χ1v) is 10.0. The number of carbonyl (C=O) groups is 3. The Balaban J connectivity index is 1.94. The number of halogens is 1. The lowest BCUT2D eigenvalue weighted by Gasteiger charge is -2.34. The summed E-state index contributed by atoms with van der Waals surface area (Å²) in [5, 5.41) is 0.585. The molecular formula is C21H25ClN2O4. The summed E-state index contributed by atoms with van der Waals surface area (Å²) in [6.07, 6.45) is 2.09. The van der Waals surface area contributed by atoms with Crippen LogP contribution in [0.15, 0.2) is 35.5 Å². The van der Waals surface area contributed by atoms with Crippen LogP contribution in [0.2, 0.25) is 5.02 Å². The van der Waals surface area contributed by atoms with Crippen molar-refractivity contribution < 1.29 is 19.1 Å². The third kappa shape index (κ3) is 4.22. The van der Waals surface area contributed by atoms with Gasteiger partial charge in [0, 0.05) is 36.1 Å². The lowest BCUT2D eigenvalue weighted by atomic mass is 9.83. The van der Waals surface area contributed by atoms with Gasteiger partial charge in [0.15, 0.2) is 0 Å². The van der Waals surface area contributed by atoms with E-state index in [0.717, 1.165) is 31.5 Å². The molecule has 1 fully saturated rings. The van der Waals surface area contributed by atoms with Crippen LogP contribution in [0, 0.1) is 0 Å². The van der Waals surface area contributed by atoms with Gasteiger partial charge < -0.3 is 14.5 Å². The predicted molar refractivity (Wildman–Crippen MR) is 106 cm³/mol. The molecule has 28 heavy (non-hydrogen) atoms. The first-order chi connectivity index (χ1) is 13.4. The van der Waals surface area contributed by atoms with Crippen molar-refractivity contribution in [3.8, 4) is 0 Å². The molecule has 3 rings (SSSR count). The molecular weight excluding hydrogens is 380 g/mol. The van der Waals surface area contributed by atoms with Crippen LogP contribution >= 0.6 is 11.6 Å². The highest BCUT2D eigenvalue weighted by atomic mass is 35.5. The number of likely N-dealkylation sites (tertiary alicyclic amines) is 1. The molecule has 0 N–H and O–H groups in total. The van der Waals surface area contributed by atoms with E-state index in [0.29, 0.717) is 16.3 Å². The molecule has 0 spiro atoms. The number of rotatable bonds is 5. The summed E-state index contributed by atoms with van der Waals surface area (Å²) in [7, 11) is 0. The van der Waals surface area contributed by atoms with E-state index < -0.39 is 11.9 Å². The Hall–Kier alpha value is -2.34. The van der Waals surface area contributed by atoms with Crippen LogP contribution in [0.4, 0.5) is 0 Å². The molecule has 2 aliphatic rings. The first kappa shape index (κ1) is 20.4. The first-order valence-electron chi connectivity index (χ1n) is 9.63. The van der Waals surface area contributed by atoms with Gasteiger partial charge >= 0.3 is 5.97 Å². The van der Waals surface area contributed by atoms with Crippen LogP contribution in [0.25, 0.3) is 0 Å². The van der Waals surface area contributed by atoms with E-state index >= 15 is 0 Å². The lowest BCUT2D eigenvalue weighted by molar-refractivity contribution is -0.142. The molecule has 2 amide bonds. The van der Waals surface area contributed by atoms with E-state index in [1.807, 2.05) is 12.1 Å². The molecule has 1 saturated heterocycles. The molecule has 1 aromatic rings. The Morgan fingerprint density at radius 3 is 2.43 bits per heavy atom. The van der Waals surface area contributed by atoms with Gasteiger partial charge in [0.2, 0.25) is 11.8 Å². The lowest BCUT2D eigenvalue weighted by Crippen LogP contribution is -2.44. The van der Waals surface area contributed by atoms with E-state index in [4.69, 9.17) is 16.3 Å². The van der Waals surface area contributed by atoms with Gasteiger partial charge in [-0.25, -0.2) is 4.79 Å². The summed E-state index contributed by atoms with van der Waals surface area (Å²) < 4.78 is 5.26. The summed E-state index contributed by atoms with van der Waals surface area (Å²) in [4.78, 5) is 41.4. The van der Waals surface area contributed by atoms with Gasteiger partial charge in [0.25, 0.3) is 0 Å². The Labute approximate surface area is 170 Å². The highest BCUT2D eigenvalue weighted by molar-refractivity contribution is 6.30. The van der Waals surface area contributed by atoms with Gasteiger partial charge in [-0.3, -0.25) is 9.59 Å². The largest absolute Gasteiger partial charge is 0.463 e. The monoisotopic (exact) mass is 404 g/mol. The topological polar surface area (TPSA) is 66.9 Å². The van der Waals surface area contributed by atoms with Crippen LogP contribution in [-0.2, 0) is 19.1 Å². The molecule has 0 radical (unpaired) electrons. The summed E-state index contributed by atoms with van der Waals surface area (Å²) in [5.41, 5.74) is 1.74. The molecule has 6 nitrogen and oxygen atoms in total. The van der Waals surface area contributed by atoms with Crippen LogP contribution in [0.5, 0.6) is 0 Å². The van der Waals surface area contributed by atoms with Crippen molar-refractivity contribution in [2.24, 2.45) is 0 Å². The maximum absolute atomic E-state index is 12.9. The molecule has 0 bridgehead atoms.